The van der Waals surface area contributed by atoms with Gasteiger partial charge in [-0.05, 0) is 24.0 Å². The van der Waals surface area contributed by atoms with Crippen LogP contribution in [0.15, 0.2) is 12.1 Å². The zero-order chi connectivity index (χ0) is 11.9. The van der Waals surface area contributed by atoms with Crippen molar-refractivity contribution in [3.05, 3.63) is 28.8 Å². The van der Waals surface area contributed by atoms with Crippen LogP contribution in [0.5, 0.6) is 5.75 Å². The molecular weight excluding hydrogens is 200 g/mol. The fraction of sp³-hybridized carbons (Fsp3) is 0.571. The highest BCUT2D eigenvalue weighted by Gasteiger charge is 2.42. The van der Waals surface area contributed by atoms with E-state index in [4.69, 9.17) is 9.47 Å². The van der Waals surface area contributed by atoms with Gasteiger partial charge >= 0.3 is 0 Å². The van der Waals surface area contributed by atoms with Crippen molar-refractivity contribution in [2.75, 3.05) is 14.2 Å². The third-order valence-electron chi connectivity index (χ3n) is 3.61. The van der Waals surface area contributed by atoms with Crippen molar-refractivity contribution >= 4 is 0 Å². The Hall–Kier alpha value is -1.02. The second-order valence-electron chi connectivity index (χ2n) is 4.99. The number of fused-ring (bicyclic) bond motifs is 1. The molecule has 0 amide bonds. The summed E-state index contributed by atoms with van der Waals surface area (Å²) in [6, 6.07) is 4.38. The molecule has 0 aromatic heterocycles. The van der Waals surface area contributed by atoms with Crippen LogP contribution in [-0.2, 0) is 16.8 Å². The largest absolute Gasteiger partial charge is 0.496 e. The minimum Gasteiger partial charge on any atom is -0.496 e. The quantitative estimate of drug-likeness (QED) is 0.778. The summed E-state index contributed by atoms with van der Waals surface area (Å²) in [4.78, 5) is 0. The zero-order valence-corrected chi connectivity index (χ0v) is 10.8. The molecule has 0 saturated carbocycles. The van der Waals surface area contributed by atoms with Crippen molar-refractivity contribution < 1.29 is 9.47 Å². The number of hydrogen-bond acceptors (Lipinski definition) is 2. The molecule has 1 aliphatic carbocycles. The smallest absolute Gasteiger partial charge is 0.128 e. The first-order valence-electron chi connectivity index (χ1n) is 5.79. The monoisotopic (exact) mass is 220 g/mol. The number of hydrogen-bond donors (Lipinski definition) is 0. The fourth-order valence-corrected chi connectivity index (χ4v) is 2.56. The van der Waals surface area contributed by atoms with Crippen molar-refractivity contribution in [2.45, 2.75) is 38.7 Å². The highest BCUT2D eigenvalue weighted by molar-refractivity contribution is 5.56. The molecule has 0 spiro atoms. The molecule has 1 aromatic rings. The van der Waals surface area contributed by atoms with Gasteiger partial charge in [0.05, 0.1) is 12.7 Å². The van der Waals surface area contributed by atoms with Gasteiger partial charge in [0.15, 0.2) is 0 Å². The van der Waals surface area contributed by atoms with E-state index in [1.807, 2.05) is 0 Å². The van der Waals surface area contributed by atoms with Gasteiger partial charge < -0.3 is 9.47 Å². The lowest BCUT2D eigenvalue weighted by atomic mass is 9.72. The normalized spacial score (nSPS) is 22.9. The molecule has 0 unspecified atom stereocenters. The second-order valence-corrected chi connectivity index (χ2v) is 4.99. The predicted octanol–water partition coefficient (Wildman–Crippen LogP) is 3.24. The van der Waals surface area contributed by atoms with Crippen molar-refractivity contribution in [3.8, 4) is 5.75 Å². The van der Waals surface area contributed by atoms with E-state index in [-0.39, 0.29) is 5.60 Å². The predicted molar refractivity (Wildman–Crippen MR) is 65.1 cm³/mol. The third kappa shape index (κ3) is 1.44. The van der Waals surface area contributed by atoms with Gasteiger partial charge in [-0.25, -0.2) is 0 Å². The van der Waals surface area contributed by atoms with Gasteiger partial charge in [0.2, 0.25) is 0 Å². The molecule has 2 rings (SSSR count). The first-order valence-corrected chi connectivity index (χ1v) is 5.79. The van der Waals surface area contributed by atoms with Crippen molar-refractivity contribution in [3.63, 3.8) is 0 Å². The summed E-state index contributed by atoms with van der Waals surface area (Å²) in [5, 5.41) is 0. The molecule has 0 heterocycles. The van der Waals surface area contributed by atoms with Crippen LogP contribution < -0.4 is 4.74 Å². The molecule has 16 heavy (non-hydrogen) atoms. The molecule has 0 saturated heterocycles. The van der Waals surface area contributed by atoms with Gasteiger partial charge in [0, 0.05) is 19.1 Å². The van der Waals surface area contributed by atoms with Crippen LogP contribution in [0, 0.1) is 0 Å². The number of benzene rings is 1. The maximum Gasteiger partial charge on any atom is 0.128 e. The Morgan fingerprint density at radius 2 is 1.94 bits per heavy atom. The standard InChI is InChI=1S/C14H20O2/c1-9(2)11-7-6-10-8-14(3,16-5)12(10)13(11)15-4/h6-7,9H,8H2,1-5H3/t14-/m0/s1. The summed E-state index contributed by atoms with van der Waals surface area (Å²) in [5.74, 6) is 1.49. The van der Waals surface area contributed by atoms with Crippen LogP contribution in [0.2, 0.25) is 0 Å². The average Bonchev–Trinajstić information content (AvgIpc) is 2.25. The zero-order valence-electron chi connectivity index (χ0n) is 10.8. The molecule has 0 N–H and O–H groups in total. The van der Waals surface area contributed by atoms with Gasteiger partial charge in [-0.3, -0.25) is 0 Å². The summed E-state index contributed by atoms with van der Waals surface area (Å²) in [5.41, 5.74) is 3.70. The Morgan fingerprint density at radius 1 is 1.25 bits per heavy atom. The van der Waals surface area contributed by atoms with E-state index in [9.17, 15) is 0 Å². The van der Waals surface area contributed by atoms with E-state index in [0.717, 1.165) is 12.2 Å². The summed E-state index contributed by atoms with van der Waals surface area (Å²) >= 11 is 0. The number of ether oxygens (including phenoxy) is 2. The van der Waals surface area contributed by atoms with Crippen LogP contribution >= 0.6 is 0 Å². The van der Waals surface area contributed by atoms with E-state index in [0.29, 0.717) is 5.92 Å². The molecule has 1 aromatic carbocycles. The molecule has 0 aliphatic heterocycles. The van der Waals surface area contributed by atoms with E-state index in [1.165, 1.54) is 16.7 Å². The van der Waals surface area contributed by atoms with Crippen LogP contribution in [0.4, 0.5) is 0 Å². The van der Waals surface area contributed by atoms with Crippen LogP contribution in [0.1, 0.15) is 43.4 Å². The van der Waals surface area contributed by atoms with Gasteiger partial charge in [-0.2, -0.15) is 0 Å². The fourth-order valence-electron chi connectivity index (χ4n) is 2.56. The van der Waals surface area contributed by atoms with Gasteiger partial charge in [-0.15, -0.1) is 0 Å². The van der Waals surface area contributed by atoms with E-state index >= 15 is 0 Å². The van der Waals surface area contributed by atoms with E-state index in [2.05, 4.69) is 32.9 Å². The molecule has 0 bridgehead atoms. The average molecular weight is 220 g/mol. The second kappa shape index (κ2) is 3.77. The lowest BCUT2D eigenvalue weighted by Gasteiger charge is -2.41. The number of methoxy groups -OCH3 is 2. The summed E-state index contributed by atoms with van der Waals surface area (Å²) in [6.07, 6.45) is 0.980. The Balaban J connectivity index is 2.57. The molecule has 1 atom stereocenters. The Kier molecular flexibility index (Phi) is 2.70. The molecule has 2 nitrogen and oxygen atoms in total. The van der Waals surface area contributed by atoms with Crippen LogP contribution in [0.25, 0.3) is 0 Å². The molecule has 88 valence electrons. The van der Waals surface area contributed by atoms with Gasteiger partial charge in [-0.1, -0.05) is 26.0 Å². The highest BCUT2D eigenvalue weighted by atomic mass is 16.5. The molecule has 2 heteroatoms. The van der Waals surface area contributed by atoms with E-state index < -0.39 is 0 Å². The first-order chi connectivity index (χ1) is 7.53. The SMILES string of the molecule is COc1c(C(C)C)ccc2c1[C@@](C)(OC)C2. The summed E-state index contributed by atoms with van der Waals surface area (Å²) < 4.78 is 11.2. The minimum absolute atomic E-state index is 0.161. The molecule has 0 fully saturated rings. The lowest BCUT2D eigenvalue weighted by Crippen LogP contribution is -2.38. The third-order valence-corrected chi connectivity index (χ3v) is 3.61. The van der Waals surface area contributed by atoms with Crippen molar-refractivity contribution in [1.82, 2.24) is 0 Å². The molecule has 0 radical (unpaired) electrons. The number of rotatable bonds is 3. The molecular formula is C14H20O2. The Bertz CT molecular complexity index is 409. The highest BCUT2D eigenvalue weighted by Crippen LogP contribution is 2.49. The van der Waals surface area contributed by atoms with Crippen molar-refractivity contribution in [2.24, 2.45) is 0 Å². The summed E-state index contributed by atoms with van der Waals surface area (Å²) in [6.45, 7) is 6.50. The minimum atomic E-state index is -0.161. The van der Waals surface area contributed by atoms with Crippen molar-refractivity contribution in [1.29, 1.82) is 0 Å². The summed E-state index contributed by atoms with van der Waals surface area (Å²) in [7, 11) is 3.51. The maximum absolute atomic E-state index is 5.60. The Labute approximate surface area is 97.6 Å². The van der Waals surface area contributed by atoms with Crippen LogP contribution in [-0.4, -0.2) is 14.2 Å². The van der Waals surface area contributed by atoms with Gasteiger partial charge in [0.25, 0.3) is 0 Å². The van der Waals surface area contributed by atoms with Gasteiger partial charge in [0.1, 0.15) is 5.75 Å². The molecule has 1 aliphatic rings. The topological polar surface area (TPSA) is 18.5 Å². The van der Waals surface area contributed by atoms with E-state index in [1.54, 1.807) is 14.2 Å². The first kappa shape index (κ1) is 11.5. The maximum atomic E-state index is 5.60. The lowest BCUT2D eigenvalue weighted by molar-refractivity contribution is -0.0204. The Morgan fingerprint density at radius 3 is 2.44 bits per heavy atom. The van der Waals surface area contributed by atoms with Crippen LogP contribution in [0.3, 0.4) is 0 Å².